The van der Waals surface area contributed by atoms with Gasteiger partial charge < -0.3 is 14.6 Å². The molecule has 0 atom stereocenters. The second kappa shape index (κ2) is 9.17. The zero-order chi connectivity index (χ0) is 23.6. The SMILES string of the molecule is Cc1onc(-c2c(F)cccc2Cl)c1C(=O)OCC(=O)Nc1c(Cl)cccc1C(F)(F)F. The number of esters is 1. The lowest BCUT2D eigenvalue weighted by atomic mass is 10.1. The normalized spacial score (nSPS) is 11.3. The van der Waals surface area contributed by atoms with Crippen LogP contribution >= 0.6 is 23.2 Å². The summed E-state index contributed by atoms with van der Waals surface area (Å²) in [6, 6.07) is 6.77. The average molecular weight is 491 g/mol. The van der Waals surface area contributed by atoms with E-state index in [2.05, 4.69) is 5.16 Å². The van der Waals surface area contributed by atoms with Gasteiger partial charge in [-0.25, -0.2) is 9.18 Å². The lowest BCUT2D eigenvalue weighted by Crippen LogP contribution is -2.23. The molecular formula is C20H12Cl2F4N2O4. The molecule has 0 aliphatic rings. The van der Waals surface area contributed by atoms with E-state index in [1.165, 1.54) is 19.1 Å². The fourth-order valence-electron chi connectivity index (χ4n) is 2.77. The number of benzene rings is 2. The first-order valence-electron chi connectivity index (χ1n) is 8.74. The summed E-state index contributed by atoms with van der Waals surface area (Å²) in [7, 11) is 0. The predicted octanol–water partition coefficient (Wildman–Crippen LogP) is 5.91. The number of alkyl halides is 3. The molecule has 0 saturated heterocycles. The summed E-state index contributed by atoms with van der Waals surface area (Å²) in [4.78, 5) is 24.7. The Morgan fingerprint density at radius 1 is 1.12 bits per heavy atom. The summed E-state index contributed by atoms with van der Waals surface area (Å²) in [5.74, 6) is -3.04. The molecule has 0 saturated carbocycles. The van der Waals surface area contributed by atoms with Gasteiger partial charge in [-0.2, -0.15) is 13.2 Å². The molecule has 1 amide bonds. The Balaban J connectivity index is 1.79. The lowest BCUT2D eigenvalue weighted by molar-refractivity contribution is -0.137. The van der Waals surface area contributed by atoms with E-state index in [4.69, 9.17) is 32.5 Å². The quantitative estimate of drug-likeness (QED) is 0.355. The van der Waals surface area contributed by atoms with Crippen LogP contribution in [-0.2, 0) is 15.7 Å². The number of hydrogen-bond acceptors (Lipinski definition) is 5. The van der Waals surface area contributed by atoms with E-state index in [1.807, 2.05) is 5.32 Å². The van der Waals surface area contributed by atoms with Crippen LogP contribution in [0.25, 0.3) is 11.3 Å². The predicted molar refractivity (Wildman–Crippen MR) is 107 cm³/mol. The van der Waals surface area contributed by atoms with Gasteiger partial charge in [0, 0.05) is 0 Å². The maximum Gasteiger partial charge on any atom is 0.418 e. The van der Waals surface area contributed by atoms with E-state index in [9.17, 15) is 27.2 Å². The van der Waals surface area contributed by atoms with Crippen molar-refractivity contribution in [1.29, 1.82) is 0 Å². The van der Waals surface area contributed by atoms with Gasteiger partial charge in [-0.05, 0) is 31.2 Å². The van der Waals surface area contributed by atoms with Crippen molar-refractivity contribution in [3.05, 3.63) is 69.1 Å². The van der Waals surface area contributed by atoms with Gasteiger partial charge in [0.2, 0.25) is 0 Å². The van der Waals surface area contributed by atoms with E-state index < -0.39 is 41.7 Å². The molecule has 1 aromatic heterocycles. The van der Waals surface area contributed by atoms with Crippen LogP contribution in [0.5, 0.6) is 0 Å². The number of anilines is 1. The van der Waals surface area contributed by atoms with Crippen molar-refractivity contribution in [1.82, 2.24) is 5.16 Å². The number of aromatic nitrogens is 1. The smallest absolute Gasteiger partial charge is 0.418 e. The molecule has 32 heavy (non-hydrogen) atoms. The molecule has 3 rings (SSSR count). The Bertz CT molecular complexity index is 1170. The number of nitrogens with zero attached hydrogens (tertiary/aromatic N) is 1. The van der Waals surface area contributed by atoms with Gasteiger partial charge in [-0.3, -0.25) is 4.79 Å². The maximum atomic E-state index is 14.2. The Morgan fingerprint density at radius 2 is 1.78 bits per heavy atom. The summed E-state index contributed by atoms with van der Waals surface area (Å²) in [6.45, 7) is 0.387. The van der Waals surface area contributed by atoms with Gasteiger partial charge in [0.05, 0.1) is 26.9 Å². The third kappa shape index (κ3) is 4.86. The number of amides is 1. The molecule has 0 fully saturated rings. The van der Waals surface area contributed by atoms with Crippen LogP contribution in [0.1, 0.15) is 21.7 Å². The highest BCUT2D eigenvalue weighted by atomic mass is 35.5. The molecule has 0 bridgehead atoms. The standard InChI is InChI=1S/C20H12Cl2F4N2O4/c1-9-15(18(28-32-9)16-11(21)5-3-7-13(16)23)19(30)31-8-14(29)27-17-10(20(24,25)26)4-2-6-12(17)22/h2-7H,8H2,1H3,(H,27,29). The van der Waals surface area contributed by atoms with Crippen LogP contribution in [-0.4, -0.2) is 23.6 Å². The first kappa shape index (κ1) is 23.6. The molecule has 1 heterocycles. The van der Waals surface area contributed by atoms with Crippen molar-refractivity contribution in [2.45, 2.75) is 13.1 Å². The molecule has 2 aromatic carbocycles. The zero-order valence-corrected chi connectivity index (χ0v) is 17.5. The van der Waals surface area contributed by atoms with Crippen molar-refractivity contribution in [2.75, 3.05) is 11.9 Å². The Hall–Kier alpha value is -3.11. The Labute approximate surface area is 188 Å². The van der Waals surface area contributed by atoms with Crippen molar-refractivity contribution in [3.63, 3.8) is 0 Å². The molecule has 12 heteroatoms. The minimum absolute atomic E-state index is 0.0461. The number of rotatable bonds is 5. The minimum atomic E-state index is -4.78. The van der Waals surface area contributed by atoms with Crippen LogP contribution in [0.4, 0.5) is 23.2 Å². The van der Waals surface area contributed by atoms with Crippen molar-refractivity contribution in [3.8, 4) is 11.3 Å². The molecule has 0 radical (unpaired) electrons. The summed E-state index contributed by atoms with van der Waals surface area (Å²) >= 11 is 11.8. The molecule has 0 aliphatic carbocycles. The molecule has 1 N–H and O–H groups in total. The van der Waals surface area contributed by atoms with E-state index in [0.29, 0.717) is 0 Å². The van der Waals surface area contributed by atoms with Gasteiger partial charge in [0.25, 0.3) is 5.91 Å². The van der Waals surface area contributed by atoms with Crippen LogP contribution < -0.4 is 5.32 Å². The van der Waals surface area contributed by atoms with E-state index in [-0.39, 0.29) is 32.6 Å². The van der Waals surface area contributed by atoms with Gasteiger partial charge in [-0.15, -0.1) is 0 Å². The number of para-hydroxylation sites is 1. The fourth-order valence-corrected chi connectivity index (χ4v) is 3.25. The topological polar surface area (TPSA) is 81.4 Å². The minimum Gasteiger partial charge on any atom is -0.452 e. The molecule has 0 aliphatic heterocycles. The lowest BCUT2D eigenvalue weighted by Gasteiger charge is -2.15. The maximum absolute atomic E-state index is 14.2. The fraction of sp³-hybridized carbons (Fsp3) is 0.150. The third-order valence-electron chi connectivity index (χ3n) is 4.18. The van der Waals surface area contributed by atoms with Crippen LogP contribution in [0.3, 0.4) is 0 Å². The Kier molecular flexibility index (Phi) is 6.75. The van der Waals surface area contributed by atoms with Crippen LogP contribution in [0, 0.1) is 12.7 Å². The van der Waals surface area contributed by atoms with Crippen molar-refractivity contribution >= 4 is 40.8 Å². The summed E-state index contributed by atoms with van der Waals surface area (Å²) < 4.78 is 63.5. The van der Waals surface area contributed by atoms with Gasteiger partial charge in [0.1, 0.15) is 22.8 Å². The highest BCUT2D eigenvalue weighted by molar-refractivity contribution is 6.34. The van der Waals surface area contributed by atoms with Crippen molar-refractivity contribution in [2.24, 2.45) is 0 Å². The third-order valence-corrected chi connectivity index (χ3v) is 4.81. The summed E-state index contributed by atoms with van der Waals surface area (Å²) in [5.41, 5.74) is -2.60. The number of ether oxygens (including phenoxy) is 1. The van der Waals surface area contributed by atoms with E-state index >= 15 is 0 Å². The second-order valence-corrected chi connectivity index (χ2v) is 7.16. The molecule has 0 spiro atoms. The summed E-state index contributed by atoms with van der Waals surface area (Å²) in [5, 5.41) is 5.20. The molecular weight excluding hydrogens is 479 g/mol. The number of halogens is 6. The van der Waals surface area contributed by atoms with Gasteiger partial charge in [-0.1, -0.05) is 40.5 Å². The Morgan fingerprint density at radius 3 is 2.44 bits per heavy atom. The summed E-state index contributed by atoms with van der Waals surface area (Å²) in [6.07, 6.45) is -4.78. The molecule has 0 unspecified atom stereocenters. The average Bonchev–Trinajstić information content (AvgIpc) is 3.08. The number of hydrogen-bond donors (Lipinski definition) is 1. The first-order valence-corrected chi connectivity index (χ1v) is 9.49. The number of carbonyl (C=O) groups excluding carboxylic acids is 2. The second-order valence-electron chi connectivity index (χ2n) is 6.34. The monoisotopic (exact) mass is 490 g/mol. The highest BCUT2D eigenvalue weighted by Crippen LogP contribution is 2.38. The number of nitrogens with one attached hydrogen (secondary N) is 1. The van der Waals surface area contributed by atoms with E-state index in [0.717, 1.165) is 24.3 Å². The van der Waals surface area contributed by atoms with Crippen LogP contribution in [0.15, 0.2) is 40.9 Å². The number of aryl methyl sites for hydroxylation is 1. The molecule has 168 valence electrons. The van der Waals surface area contributed by atoms with Gasteiger partial charge in [0.15, 0.2) is 6.61 Å². The highest BCUT2D eigenvalue weighted by Gasteiger charge is 2.35. The van der Waals surface area contributed by atoms with Crippen LogP contribution in [0.2, 0.25) is 10.0 Å². The number of carbonyl (C=O) groups is 2. The largest absolute Gasteiger partial charge is 0.452 e. The van der Waals surface area contributed by atoms with E-state index in [1.54, 1.807) is 0 Å². The molecule has 6 nitrogen and oxygen atoms in total. The van der Waals surface area contributed by atoms with Gasteiger partial charge >= 0.3 is 12.1 Å². The van der Waals surface area contributed by atoms with Crippen molar-refractivity contribution < 1.29 is 36.4 Å². The molecule has 3 aromatic rings. The first-order chi connectivity index (χ1) is 15.0. The zero-order valence-electron chi connectivity index (χ0n) is 16.0.